The first-order valence-electron chi connectivity index (χ1n) is 7.27. The predicted molar refractivity (Wildman–Crippen MR) is 72.7 cm³/mol. The van der Waals surface area contributed by atoms with Gasteiger partial charge >= 0.3 is 0 Å². The molecule has 2 aliphatic carbocycles. The molecule has 2 N–H and O–H groups in total. The molecule has 106 valence electrons. The van der Waals surface area contributed by atoms with Gasteiger partial charge in [0, 0.05) is 33.4 Å². The van der Waals surface area contributed by atoms with Crippen LogP contribution in [0, 0.1) is 0 Å². The Morgan fingerprint density at radius 1 is 1.22 bits per heavy atom. The van der Waals surface area contributed by atoms with Gasteiger partial charge in [-0.05, 0) is 25.7 Å². The van der Waals surface area contributed by atoms with E-state index in [2.05, 4.69) is 4.90 Å². The van der Waals surface area contributed by atoms with Crippen molar-refractivity contribution in [1.29, 1.82) is 0 Å². The van der Waals surface area contributed by atoms with Crippen molar-refractivity contribution in [2.75, 3.05) is 33.9 Å². The van der Waals surface area contributed by atoms with Crippen LogP contribution in [0.2, 0.25) is 0 Å². The molecule has 0 heterocycles. The van der Waals surface area contributed by atoms with E-state index in [-0.39, 0.29) is 11.6 Å². The summed E-state index contributed by atoms with van der Waals surface area (Å²) >= 11 is 0. The first kappa shape index (κ1) is 14.3. The van der Waals surface area contributed by atoms with Crippen LogP contribution in [0.3, 0.4) is 0 Å². The lowest BCUT2D eigenvalue weighted by molar-refractivity contribution is -0.0843. The monoisotopic (exact) mass is 256 g/mol. The Morgan fingerprint density at radius 3 is 2.56 bits per heavy atom. The average Bonchev–Trinajstić information content (AvgIpc) is 3.24. The van der Waals surface area contributed by atoms with E-state index >= 15 is 0 Å². The Hall–Kier alpha value is -0.160. The van der Waals surface area contributed by atoms with Gasteiger partial charge in [-0.25, -0.2) is 0 Å². The molecule has 0 aromatic carbocycles. The lowest BCUT2D eigenvalue weighted by Gasteiger charge is -2.50. The second kappa shape index (κ2) is 6.33. The minimum atomic E-state index is 0.0483. The highest BCUT2D eigenvalue weighted by Crippen LogP contribution is 2.41. The summed E-state index contributed by atoms with van der Waals surface area (Å²) in [5.41, 5.74) is 6.23. The van der Waals surface area contributed by atoms with Crippen LogP contribution < -0.4 is 5.73 Å². The van der Waals surface area contributed by atoms with Crippen LogP contribution in [0.1, 0.15) is 38.5 Å². The number of rotatable bonds is 7. The van der Waals surface area contributed by atoms with E-state index in [1.165, 1.54) is 32.1 Å². The molecule has 0 spiro atoms. The predicted octanol–water partition coefficient (Wildman–Crippen LogP) is 1.38. The SMILES string of the molecule is COCCN(C1CC1)C1(CN)CCCCC1OC. The molecular formula is C14H28N2O2. The van der Waals surface area contributed by atoms with E-state index in [0.717, 1.165) is 19.6 Å². The quantitative estimate of drug-likeness (QED) is 0.747. The average molecular weight is 256 g/mol. The van der Waals surface area contributed by atoms with Crippen molar-refractivity contribution in [2.24, 2.45) is 5.73 Å². The fraction of sp³-hybridized carbons (Fsp3) is 1.00. The van der Waals surface area contributed by atoms with E-state index in [4.69, 9.17) is 15.2 Å². The molecule has 0 amide bonds. The van der Waals surface area contributed by atoms with Crippen molar-refractivity contribution in [3.63, 3.8) is 0 Å². The summed E-state index contributed by atoms with van der Waals surface area (Å²) in [5.74, 6) is 0. The van der Waals surface area contributed by atoms with Crippen molar-refractivity contribution >= 4 is 0 Å². The van der Waals surface area contributed by atoms with E-state index in [9.17, 15) is 0 Å². The van der Waals surface area contributed by atoms with Crippen molar-refractivity contribution < 1.29 is 9.47 Å². The van der Waals surface area contributed by atoms with Crippen LogP contribution in [0.4, 0.5) is 0 Å². The van der Waals surface area contributed by atoms with Gasteiger partial charge in [-0.3, -0.25) is 4.90 Å². The van der Waals surface area contributed by atoms with Gasteiger partial charge in [-0.1, -0.05) is 12.8 Å². The van der Waals surface area contributed by atoms with Gasteiger partial charge in [0.05, 0.1) is 18.2 Å². The van der Waals surface area contributed by atoms with Crippen molar-refractivity contribution in [2.45, 2.75) is 56.2 Å². The molecule has 2 fully saturated rings. The fourth-order valence-electron chi connectivity index (χ4n) is 3.55. The molecule has 2 rings (SSSR count). The second-order valence-corrected chi connectivity index (χ2v) is 5.70. The maximum atomic E-state index is 6.18. The Labute approximate surface area is 111 Å². The molecule has 4 nitrogen and oxygen atoms in total. The Bertz CT molecular complexity index is 258. The lowest BCUT2D eigenvalue weighted by Crippen LogP contribution is -2.64. The van der Waals surface area contributed by atoms with Crippen molar-refractivity contribution in [1.82, 2.24) is 4.90 Å². The number of nitrogens with zero attached hydrogens (tertiary/aromatic N) is 1. The molecule has 0 aromatic rings. The molecule has 0 bridgehead atoms. The Morgan fingerprint density at radius 2 is 2.00 bits per heavy atom. The summed E-state index contributed by atoms with van der Waals surface area (Å²) < 4.78 is 11.1. The van der Waals surface area contributed by atoms with E-state index in [1.54, 1.807) is 7.11 Å². The van der Waals surface area contributed by atoms with Gasteiger partial charge in [0.1, 0.15) is 0 Å². The van der Waals surface area contributed by atoms with Gasteiger partial charge in [0.15, 0.2) is 0 Å². The molecule has 4 heteroatoms. The number of ether oxygens (including phenoxy) is 2. The highest BCUT2D eigenvalue weighted by Gasteiger charge is 2.49. The van der Waals surface area contributed by atoms with Gasteiger partial charge in [0.25, 0.3) is 0 Å². The Balaban J connectivity index is 2.14. The van der Waals surface area contributed by atoms with Crippen LogP contribution in [0.5, 0.6) is 0 Å². The maximum Gasteiger partial charge on any atom is 0.0767 e. The first-order chi connectivity index (χ1) is 8.78. The molecule has 2 saturated carbocycles. The minimum Gasteiger partial charge on any atom is -0.383 e. The normalized spacial score (nSPS) is 33.0. The molecule has 2 atom stereocenters. The fourth-order valence-corrected chi connectivity index (χ4v) is 3.55. The van der Waals surface area contributed by atoms with Crippen LogP contribution in [0.25, 0.3) is 0 Å². The first-order valence-corrected chi connectivity index (χ1v) is 7.27. The summed E-state index contributed by atoms with van der Waals surface area (Å²) in [6.07, 6.45) is 7.75. The molecular weight excluding hydrogens is 228 g/mol. The van der Waals surface area contributed by atoms with Gasteiger partial charge in [-0.15, -0.1) is 0 Å². The zero-order chi connectivity index (χ0) is 13.0. The number of nitrogens with two attached hydrogens (primary N) is 1. The lowest BCUT2D eigenvalue weighted by atomic mass is 9.77. The van der Waals surface area contributed by atoms with Crippen LogP contribution in [-0.2, 0) is 9.47 Å². The van der Waals surface area contributed by atoms with Crippen LogP contribution >= 0.6 is 0 Å². The minimum absolute atomic E-state index is 0.0483. The van der Waals surface area contributed by atoms with Crippen molar-refractivity contribution in [3.8, 4) is 0 Å². The zero-order valence-corrected chi connectivity index (χ0v) is 11.9. The molecule has 18 heavy (non-hydrogen) atoms. The van der Waals surface area contributed by atoms with Crippen molar-refractivity contribution in [3.05, 3.63) is 0 Å². The second-order valence-electron chi connectivity index (χ2n) is 5.70. The smallest absolute Gasteiger partial charge is 0.0767 e. The third-order valence-electron chi connectivity index (χ3n) is 4.66. The third-order valence-corrected chi connectivity index (χ3v) is 4.66. The number of methoxy groups -OCH3 is 2. The molecule has 0 aliphatic heterocycles. The largest absolute Gasteiger partial charge is 0.383 e. The summed E-state index contributed by atoms with van der Waals surface area (Å²) in [7, 11) is 3.61. The highest BCUT2D eigenvalue weighted by atomic mass is 16.5. The molecule has 2 unspecified atom stereocenters. The number of hydrogen-bond acceptors (Lipinski definition) is 4. The molecule has 0 radical (unpaired) electrons. The van der Waals surface area contributed by atoms with Crippen LogP contribution in [-0.4, -0.2) is 56.5 Å². The molecule has 0 saturated heterocycles. The summed E-state index contributed by atoms with van der Waals surface area (Å²) in [5, 5.41) is 0. The van der Waals surface area contributed by atoms with E-state index in [0.29, 0.717) is 12.6 Å². The third kappa shape index (κ3) is 2.72. The zero-order valence-electron chi connectivity index (χ0n) is 11.9. The Kier molecular flexibility index (Phi) is 5.01. The van der Waals surface area contributed by atoms with Gasteiger partial charge in [0.2, 0.25) is 0 Å². The summed E-state index contributed by atoms with van der Waals surface area (Å²) in [6.45, 7) is 2.47. The standard InChI is InChI=1S/C14H28N2O2/c1-17-10-9-16(12-6-7-12)14(11-15)8-4-3-5-13(14)18-2/h12-13H,3-11,15H2,1-2H3. The van der Waals surface area contributed by atoms with Gasteiger partial charge < -0.3 is 15.2 Å². The topological polar surface area (TPSA) is 47.7 Å². The summed E-state index contributed by atoms with van der Waals surface area (Å²) in [6, 6.07) is 0.708. The highest BCUT2D eigenvalue weighted by molar-refractivity contribution is 5.05. The van der Waals surface area contributed by atoms with Crippen LogP contribution in [0.15, 0.2) is 0 Å². The maximum absolute atomic E-state index is 6.18. The van der Waals surface area contributed by atoms with Gasteiger partial charge in [-0.2, -0.15) is 0 Å². The number of hydrogen-bond donors (Lipinski definition) is 1. The van der Waals surface area contributed by atoms with E-state index < -0.39 is 0 Å². The van der Waals surface area contributed by atoms with E-state index in [1.807, 2.05) is 7.11 Å². The molecule has 0 aromatic heterocycles. The summed E-state index contributed by atoms with van der Waals surface area (Å²) in [4.78, 5) is 2.60. The molecule has 2 aliphatic rings.